The molecule has 2 N–H and O–H groups in total. The quantitative estimate of drug-likeness (QED) is 0.371. The Morgan fingerprint density at radius 1 is 1.03 bits per heavy atom. The number of anilines is 1. The molecule has 1 aliphatic rings. The molecule has 0 aromatic heterocycles. The summed E-state index contributed by atoms with van der Waals surface area (Å²) < 4.78 is 5.79. The first kappa shape index (κ1) is 25.7. The molecule has 37 heavy (non-hydrogen) atoms. The SMILES string of the molecule is Cc1ccc(OCCCNC(=O)c2ccc3c(N(C)C(=O)N4C(=O)CCC4=O)cccc3c2O)c(C)c1. The van der Waals surface area contributed by atoms with Gasteiger partial charge < -0.3 is 15.2 Å². The second kappa shape index (κ2) is 10.7. The van der Waals surface area contributed by atoms with Gasteiger partial charge in [0, 0.05) is 37.2 Å². The first-order valence-corrected chi connectivity index (χ1v) is 12.1. The summed E-state index contributed by atoms with van der Waals surface area (Å²) in [5.74, 6) is -0.931. The average molecular weight is 504 g/mol. The first-order valence-electron chi connectivity index (χ1n) is 12.1. The van der Waals surface area contributed by atoms with Crippen molar-refractivity contribution >= 4 is 40.2 Å². The summed E-state index contributed by atoms with van der Waals surface area (Å²) in [4.78, 5) is 51.4. The summed E-state index contributed by atoms with van der Waals surface area (Å²) in [6.45, 7) is 4.79. The van der Waals surface area contributed by atoms with E-state index < -0.39 is 23.8 Å². The molecule has 3 aromatic rings. The first-order chi connectivity index (χ1) is 17.7. The third kappa shape index (κ3) is 5.25. The second-order valence-electron chi connectivity index (χ2n) is 9.03. The Kier molecular flexibility index (Phi) is 7.42. The Morgan fingerprint density at radius 2 is 1.76 bits per heavy atom. The molecule has 0 radical (unpaired) electrons. The molecule has 0 atom stereocenters. The highest BCUT2D eigenvalue weighted by molar-refractivity contribution is 6.19. The molecule has 192 valence electrons. The van der Waals surface area contributed by atoms with Crippen LogP contribution in [0.25, 0.3) is 10.8 Å². The van der Waals surface area contributed by atoms with E-state index in [1.807, 2.05) is 32.0 Å². The van der Waals surface area contributed by atoms with E-state index in [4.69, 9.17) is 4.74 Å². The van der Waals surface area contributed by atoms with Crippen molar-refractivity contribution in [3.05, 3.63) is 65.2 Å². The molecule has 0 spiro atoms. The monoisotopic (exact) mass is 503 g/mol. The van der Waals surface area contributed by atoms with Crippen LogP contribution >= 0.6 is 0 Å². The molecule has 4 rings (SSSR count). The van der Waals surface area contributed by atoms with Gasteiger partial charge >= 0.3 is 6.03 Å². The van der Waals surface area contributed by atoms with E-state index in [0.717, 1.165) is 16.9 Å². The number of hydrogen-bond donors (Lipinski definition) is 2. The maximum absolute atomic E-state index is 12.8. The second-order valence-corrected chi connectivity index (χ2v) is 9.03. The van der Waals surface area contributed by atoms with Crippen molar-refractivity contribution < 1.29 is 29.0 Å². The highest BCUT2D eigenvalue weighted by atomic mass is 16.5. The van der Waals surface area contributed by atoms with Gasteiger partial charge in [0.25, 0.3) is 5.91 Å². The zero-order valence-electron chi connectivity index (χ0n) is 21.0. The van der Waals surface area contributed by atoms with Crippen LogP contribution in [0.2, 0.25) is 0 Å². The number of hydrogen-bond acceptors (Lipinski definition) is 6. The van der Waals surface area contributed by atoms with Gasteiger partial charge in [0.2, 0.25) is 11.8 Å². The minimum absolute atomic E-state index is 0.00489. The molecule has 1 aliphatic heterocycles. The van der Waals surface area contributed by atoms with Gasteiger partial charge in [-0.05, 0) is 44.0 Å². The van der Waals surface area contributed by atoms with Crippen LogP contribution in [0.4, 0.5) is 10.5 Å². The minimum Gasteiger partial charge on any atom is -0.506 e. The Bertz CT molecular complexity index is 1380. The van der Waals surface area contributed by atoms with Crippen LogP contribution < -0.4 is 15.0 Å². The number of imide groups is 3. The van der Waals surface area contributed by atoms with Crippen molar-refractivity contribution in [2.24, 2.45) is 0 Å². The summed E-state index contributed by atoms with van der Waals surface area (Å²) in [5.41, 5.74) is 2.70. The van der Waals surface area contributed by atoms with E-state index in [2.05, 4.69) is 5.32 Å². The van der Waals surface area contributed by atoms with Crippen molar-refractivity contribution in [3.63, 3.8) is 0 Å². The zero-order chi connectivity index (χ0) is 26.7. The number of nitrogens with zero attached hydrogens (tertiary/aromatic N) is 2. The lowest BCUT2D eigenvalue weighted by atomic mass is 10.0. The van der Waals surface area contributed by atoms with Crippen molar-refractivity contribution in [1.29, 1.82) is 0 Å². The van der Waals surface area contributed by atoms with Gasteiger partial charge in [0.1, 0.15) is 11.5 Å². The number of fused-ring (bicyclic) bond motifs is 1. The fourth-order valence-corrected chi connectivity index (χ4v) is 4.36. The van der Waals surface area contributed by atoms with Crippen LogP contribution in [-0.2, 0) is 9.59 Å². The Morgan fingerprint density at radius 3 is 2.46 bits per heavy atom. The average Bonchev–Trinajstić information content (AvgIpc) is 3.21. The number of rotatable bonds is 7. The maximum Gasteiger partial charge on any atom is 0.337 e. The lowest BCUT2D eigenvalue weighted by molar-refractivity contribution is -0.134. The van der Waals surface area contributed by atoms with Crippen molar-refractivity contribution in [2.45, 2.75) is 33.1 Å². The lowest BCUT2D eigenvalue weighted by Crippen LogP contribution is -2.44. The molecule has 1 heterocycles. The predicted octanol–water partition coefficient (Wildman–Crippen LogP) is 4.07. The smallest absolute Gasteiger partial charge is 0.337 e. The van der Waals surface area contributed by atoms with Gasteiger partial charge in [-0.3, -0.25) is 19.3 Å². The third-order valence-electron chi connectivity index (χ3n) is 6.34. The summed E-state index contributed by atoms with van der Waals surface area (Å²) in [6.07, 6.45) is 0.592. The van der Waals surface area contributed by atoms with Gasteiger partial charge in [0.05, 0.1) is 17.9 Å². The normalized spacial score (nSPS) is 13.2. The number of benzene rings is 3. The number of urea groups is 1. The van der Waals surface area contributed by atoms with Crippen LogP contribution in [0, 0.1) is 13.8 Å². The standard InChI is InChI=1S/C28H29N3O6/c1-17-8-11-23(18(2)16-17)37-15-5-14-29-27(35)21-10-9-19-20(26(21)34)6-4-7-22(19)30(3)28(36)31-24(32)12-13-25(31)33/h4,6-11,16,34H,5,12-15H2,1-3H3,(H,29,35). The Balaban J connectivity index is 1.43. The van der Waals surface area contributed by atoms with E-state index in [1.54, 1.807) is 24.3 Å². The zero-order valence-corrected chi connectivity index (χ0v) is 21.0. The van der Waals surface area contributed by atoms with Crippen LogP contribution in [0.5, 0.6) is 11.5 Å². The molecule has 1 saturated heterocycles. The third-order valence-corrected chi connectivity index (χ3v) is 6.34. The number of carbonyl (C=O) groups is 4. The molecule has 1 fully saturated rings. The van der Waals surface area contributed by atoms with Crippen LogP contribution in [0.3, 0.4) is 0 Å². The molecule has 0 saturated carbocycles. The number of carbonyl (C=O) groups excluding carboxylic acids is 4. The number of phenolic OH excluding ortho intramolecular Hbond substituents is 1. The Hall–Kier alpha value is -4.40. The molecule has 5 amide bonds. The van der Waals surface area contributed by atoms with E-state index in [9.17, 15) is 24.3 Å². The molecule has 0 unspecified atom stereocenters. The van der Waals surface area contributed by atoms with Gasteiger partial charge in [-0.15, -0.1) is 0 Å². The lowest BCUT2D eigenvalue weighted by Gasteiger charge is -2.23. The number of nitrogens with one attached hydrogen (secondary N) is 1. The summed E-state index contributed by atoms with van der Waals surface area (Å²) >= 11 is 0. The molecular formula is C28H29N3O6. The molecular weight excluding hydrogens is 474 g/mol. The Labute approximate surface area is 214 Å². The molecule has 9 heteroatoms. The number of aromatic hydroxyl groups is 1. The van der Waals surface area contributed by atoms with Gasteiger partial charge in [-0.2, -0.15) is 4.90 Å². The number of aryl methyl sites for hydroxylation is 2. The molecule has 9 nitrogen and oxygen atoms in total. The number of amides is 5. The highest BCUT2D eigenvalue weighted by Crippen LogP contribution is 2.35. The van der Waals surface area contributed by atoms with E-state index in [1.165, 1.54) is 18.0 Å². The van der Waals surface area contributed by atoms with Crippen molar-refractivity contribution in [2.75, 3.05) is 25.1 Å². The van der Waals surface area contributed by atoms with E-state index in [-0.39, 0.29) is 24.2 Å². The molecule has 3 aromatic carbocycles. The topological polar surface area (TPSA) is 116 Å². The minimum atomic E-state index is -0.760. The van der Waals surface area contributed by atoms with Crippen molar-refractivity contribution in [3.8, 4) is 11.5 Å². The number of likely N-dealkylation sites (tertiary alicyclic amines) is 1. The van der Waals surface area contributed by atoms with E-state index >= 15 is 0 Å². The fourth-order valence-electron chi connectivity index (χ4n) is 4.36. The molecule has 0 bridgehead atoms. The van der Waals surface area contributed by atoms with Crippen LogP contribution in [-0.4, -0.2) is 54.0 Å². The van der Waals surface area contributed by atoms with Crippen LogP contribution in [0.15, 0.2) is 48.5 Å². The molecule has 0 aliphatic carbocycles. The van der Waals surface area contributed by atoms with Crippen molar-refractivity contribution in [1.82, 2.24) is 10.2 Å². The van der Waals surface area contributed by atoms with Gasteiger partial charge in [-0.25, -0.2) is 4.79 Å². The maximum atomic E-state index is 12.8. The predicted molar refractivity (Wildman–Crippen MR) is 139 cm³/mol. The summed E-state index contributed by atoms with van der Waals surface area (Å²) in [5, 5.41) is 14.5. The van der Waals surface area contributed by atoms with Gasteiger partial charge in [-0.1, -0.05) is 35.9 Å². The number of ether oxygens (including phenoxy) is 1. The highest BCUT2D eigenvalue weighted by Gasteiger charge is 2.36. The van der Waals surface area contributed by atoms with Gasteiger partial charge in [0.15, 0.2) is 0 Å². The fraction of sp³-hybridized carbons (Fsp3) is 0.286. The number of phenols is 1. The van der Waals surface area contributed by atoms with Crippen LogP contribution in [0.1, 0.15) is 40.7 Å². The van der Waals surface area contributed by atoms with E-state index in [0.29, 0.717) is 40.9 Å². The largest absolute Gasteiger partial charge is 0.506 e. The summed E-state index contributed by atoms with van der Waals surface area (Å²) in [6, 6.07) is 13.2. The summed E-state index contributed by atoms with van der Waals surface area (Å²) in [7, 11) is 1.45.